The van der Waals surface area contributed by atoms with Crippen LogP contribution < -0.4 is 5.32 Å². The van der Waals surface area contributed by atoms with E-state index in [-0.39, 0.29) is 11.9 Å². The Bertz CT molecular complexity index is 653. The van der Waals surface area contributed by atoms with Gasteiger partial charge in [0.1, 0.15) is 0 Å². The molecular formula is C16H16BrNO2S. The van der Waals surface area contributed by atoms with Gasteiger partial charge in [-0.3, -0.25) is 9.00 Å². The van der Waals surface area contributed by atoms with Crippen molar-refractivity contribution in [3.05, 3.63) is 64.1 Å². The Morgan fingerprint density at radius 3 is 2.19 bits per heavy atom. The number of carbonyl (C=O) groups is 1. The highest BCUT2D eigenvalue weighted by Crippen LogP contribution is 2.17. The summed E-state index contributed by atoms with van der Waals surface area (Å²) >= 11 is 3.39. The first-order chi connectivity index (χ1) is 9.97. The van der Waals surface area contributed by atoms with Crippen LogP contribution in [0, 0.1) is 0 Å². The highest BCUT2D eigenvalue weighted by molar-refractivity contribution is 9.10. The number of halogens is 1. The maximum atomic E-state index is 12.2. The van der Waals surface area contributed by atoms with E-state index < -0.39 is 10.8 Å². The molecule has 0 radical (unpaired) electrons. The summed E-state index contributed by atoms with van der Waals surface area (Å²) in [5.74, 6) is -0.140. The van der Waals surface area contributed by atoms with Crippen molar-refractivity contribution in [3.63, 3.8) is 0 Å². The normalized spacial score (nSPS) is 13.5. The monoisotopic (exact) mass is 365 g/mol. The zero-order chi connectivity index (χ0) is 15.4. The molecule has 1 amide bonds. The first-order valence-corrected chi connectivity index (χ1v) is 8.82. The van der Waals surface area contributed by atoms with E-state index in [0.29, 0.717) is 10.5 Å². The van der Waals surface area contributed by atoms with Gasteiger partial charge in [0.15, 0.2) is 0 Å². The van der Waals surface area contributed by atoms with E-state index in [1.807, 2.05) is 31.2 Å². The lowest BCUT2D eigenvalue weighted by Crippen LogP contribution is -2.26. The van der Waals surface area contributed by atoms with Gasteiger partial charge in [-0.05, 0) is 48.9 Å². The molecule has 0 aromatic heterocycles. The first-order valence-electron chi connectivity index (χ1n) is 6.47. The van der Waals surface area contributed by atoms with Crippen LogP contribution in [0.25, 0.3) is 0 Å². The zero-order valence-corrected chi connectivity index (χ0v) is 14.2. The minimum absolute atomic E-state index is 0.0782. The Morgan fingerprint density at radius 1 is 1.10 bits per heavy atom. The fraction of sp³-hybridized carbons (Fsp3) is 0.188. The van der Waals surface area contributed by atoms with Crippen LogP contribution in [0.1, 0.15) is 28.9 Å². The quantitative estimate of drug-likeness (QED) is 0.897. The van der Waals surface area contributed by atoms with E-state index in [9.17, 15) is 9.00 Å². The molecule has 0 aliphatic rings. The van der Waals surface area contributed by atoms with E-state index in [0.717, 1.165) is 10.0 Å². The van der Waals surface area contributed by atoms with Crippen LogP contribution in [0.15, 0.2) is 57.9 Å². The second kappa shape index (κ2) is 7.00. The van der Waals surface area contributed by atoms with Gasteiger partial charge in [0.05, 0.1) is 6.04 Å². The minimum Gasteiger partial charge on any atom is -0.346 e. The molecule has 110 valence electrons. The van der Waals surface area contributed by atoms with E-state index in [4.69, 9.17) is 0 Å². The molecule has 1 N–H and O–H groups in total. The summed E-state index contributed by atoms with van der Waals surface area (Å²) in [5, 5.41) is 2.95. The molecule has 2 atom stereocenters. The van der Waals surface area contributed by atoms with Crippen molar-refractivity contribution in [3.8, 4) is 0 Å². The van der Waals surface area contributed by atoms with Crippen LogP contribution in [0.3, 0.4) is 0 Å². The third kappa shape index (κ3) is 4.25. The predicted octanol–water partition coefficient (Wildman–Crippen LogP) is 3.68. The molecule has 0 aliphatic carbocycles. The van der Waals surface area contributed by atoms with Gasteiger partial charge < -0.3 is 5.32 Å². The molecule has 5 heteroatoms. The van der Waals surface area contributed by atoms with Crippen molar-refractivity contribution in [1.29, 1.82) is 0 Å². The topological polar surface area (TPSA) is 46.2 Å². The Kier molecular flexibility index (Phi) is 5.31. The molecule has 0 spiro atoms. The summed E-state index contributed by atoms with van der Waals surface area (Å²) in [6, 6.07) is 14.6. The molecule has 0 heterocycles. The highest BCUT2D eigenvalue weighted by atomic mass is 79.9. The summed E-state index contributed by atoms with van der Waals surface area (Å²) in [4.78, 5) is 12.9. The average molecular weight is 366 g/mol. The second-order valence-electron chi connectivity index (χ2n) is 4.73. The third-order valence-corrected chi connectivity index (χ3v) is 4.63. The van der Waals surface area contributed by atoms with E-state index in [1.165, 1.54) is 0 Å². The van der Waals surface area contributed by atoms with E-state index in [1.54, 1.807) is 30.5 Å². The summed E-state index contributed by atoms with van der Waals surface area (Å²) < 4.78 is 12.3. The maximum absolute atomic E-state index is 12.2. The second-order valence-corrected chi connectivity index (χ2v) is 7.02. The van der Waals surface area contributed by atoms with Gasteiger partial charge >= 0.3 is 0 Å². The molecule has 2 unspecified atom stereocenters. The van der Waals surface area contributed by atoms with Gasteiger partial charge in [-0.2, -0.15) is 0 Å². The van der Waals surface area contributed by atoms with Crippen LogP contribution >= 0.6 is 15.9 Å². The minimum atomic E-state index is -1.03. The molecule has 21 heavy (non-hydrogen) atoms. The zero-order valence-electron chi connectivity index (χ0n) is 11.8. The van der Waals surface area contributed by atoms with Crippen LogP contribution in [0.5, 0.6) is 0 Å². The highest BCUT2D eigenvalue weighted by Gasteiger charge is 2.11. The van der Waals surface area contributed by atoms with Crippen LogP contribution in [-0.4, -0.2) is 16.4 Å². The van der Waals surface area contributed by atoms with Crippen molar-refractivity contribution in [1.82, 2.24) is 5.32 Å². The smallest absolute Gasteiger partial charge is 0.251 e. The average Bonchev–Trinajstić information content (AvgIpc) is 2.47. The summed E-state index contributed by atoms with van der Waals surface area (Å²) in [6.07, 6.45) is 1.62. The number of hydrogen-bond donors (Lipinski definition) is 1. The predicted molar refractivity (Wildman–Crippen MR) is 88.8 cm³/mol. The fourth-order valence-electron chi connectivity index (χ4n) is 1.91. The number of nitrogens with one attached hydrogen (secondary N) is 1. The maximum Gasteiger partial charge on any atom is 0.251 e. The Labute approximate surface area is 135 Å². The van der Waals surface area contributed by atoms with Crippen molar-refractivity contribution in [2.75, 3.05) is 6.26 Å². The SMILES string of the molecule is CC(NC(=O)c1ccc(S(C)=O)cc1)c1ccc(Br)cc1. The van der Waals surface area contributed by atoms with Gasteiger partial charge in [-0.1, -0.05) is 28.1 Å². The first kappa shape index (κ1) is 15.9. The number of benzene rings is 2. The molecule has 0 saturated heterocycles. The van der Waals surface area contributed by atoms with Gasteiger partial charge in [0, 0.05) is 32.0 Å². The van der Waals surface area contributed by atoms with Crippen LogP contribution in [-0.2, 0) is 10.8 Å². The van der Waals surface area contributed by atoms with Gasteiger partial charge in [-0.15, -0.1) is 0 Å². The lowest BCUT2D eigenvalue weighted by atomic mass is 10.1. The molecule has 2 rings (SSSR count). The van der Waals surface area contributed by atoms with Gasteiger partial charge in [0.25, 0.3) is 5.91 Å². The van der Waals surface area contributed by atoms with Crippen molar-refractivity contribution in [2.24, 2.45) is 0 Å². The largest absolute Gasteiger partial charge is 0.346 e. The number of rotatable bonds is 4. The van der Waals surface area contributed by atoms with Crippen molar-refractivity contribution in [2.45, 2.75) is 17.9 Å². The Balaban J connectivity index is 2.06. The van der Waals surface area contributed by atoms with Crippen LogP contribution in [0.4, 0.5) is 0 Å². The summed E-state index contributed by atoms with van der Waals surface area (Å²) in [5.41, 5.74) is 1.60. The number of hydrogen-bond acceptors (Lipinski definition) is 2. The van der Waals surface area contributed by atoms with Gasteiger partial charge in [0.2, 0.25) is 0 Å². The molecule has 3 nitrogen and oxygen atoms in total. The number of amides is 1. The lowest BCUT2D eigenvalue weighted by Gasteiger charge is -2.14. The standard InChI is InChI=1S/C16H16BrNO2S/c1-11(12-3-7-14(17)8-4-12)18-16(19)13-5-9-15(10-6-13)21(2)20/h3-11H,1-2H3,(H,18,19). The van der Waals surface area contributed by atoms with Crippen molar-refractivity contribution >= 4 is 32.6 Å². The molecular weight excluding hydrogens is 350 g/mol. The molecule has 0 fully saturated rings. The van der Waals surface area contributed by atoms with Gasteiger partial charge in [-0.25, -0.2) is 0 Å². The Hall–Kier alpha value is -1.46. The third-order valence-electron chi connectivity index (χ3n) is 3.17. The van der Waals surface area contributed by atoms with E-state index in [2.05, 4.69) is 21.2 Å². The van der Waals surface area contributed by atoms with Crippen LogP contribution in [0.2, 0.25) is 0 Å². The summed E-state index contributed by atoms with van der Waals surface area (Å²) in [7, 11) is -1.03. The van der Waals surface area contributed by atoms with E-state index >= 15 is 0 Å². The molecule has 0 saturated carbocycles. The molecule has 2 aromatic carbocycles. The lowest BCUT2D eigenvalue weighted by molar-refractivity contribution is 0.0940. The Morgan fingerprint density at radius 2 is 1.67 bits per heavy atom. The number of carbonyl (C=O) groups excluding carboxylic acids is 1. The molecule has 0 aliphatic heterocycles. The molecule has 0 bridgehead atoms. The van der Waals surface area contributed by atoms with Crippen molar-refractivity contribution < 1.29 is 9.00 Å². The summed E-state index contributed by atoms with van der Waals surface area (Å²) in [6.45, 7) is 1.94. The molecule has 2 aromatic rings. The fourth-order valence-corrected chi connectivity index (χ4v) is 2.70.